The molecule has 8 heteroatoms. The van der Waals surface area contributed by atoms with Gasteiger partial charge in [-0.15, -0.1) is 0 Å². The highest BCUT2D eigenvalue weighted by Crippen LogP contribution is 2.36. The van der Waals surface area contributed by atoms with E-state index in [9.17, 15) is 9.90 Å². The number of amidine groups is 1. The first-order chi connectivity index (χ1) is 13.9. The summed E-state index contributed by atoms with van der Waals surface area (Å²) in [6.45, 7) is 4.21. The molecule has 1 aliphatic heterocycles. The van der Waals surface area contributed by atoms with Crippen molar-refractivity contribution in [2.24, 2.45) is 10.4 Å². The molecule has 2 heterocycles. The van der Waals surface area contributed by atoms with Crippen molar-refractivity contribution in [3.63, 3.8) is 0 Å². The van der Waals surface area contributed by atoms with Crippen LogP contribution in [0.3, 0.4) is 0 Å². The highest BCUT2D eigenvalue weighted by Gasteiger charge is 2.24. The first kappa shape index (κ1) is 19.2. The second kappa shape index (κ2) is 7.73. The number of para-hydroxylation sites is 1. The van der Waals surface area contributed by atoms with Gasteiger partial charge in [-0.05, 0) is 35.8 Å². The molecule has 4 N–H and O–H groups in total. The molecule has 0 radical (unpaired) electrons. The maximum absolute atomic E-state index is 12.4. The lowest BCUT2D eigenvalue weighted by molar-refractivity contribution is 0.167. The van der Waals surface area contributed by atoms with Crippen molar-refractivity contribution in [1.29, 1.82) is 0 Å². The molecule has 1 aliphatic rings. The van der Waals surface area contributed by atoms with Crippen LogP contribution in [0.4, 0.5) is 16.4 Å². The van der Waals surface area contributed by atoms with E-state index in [-0.39, 0.29) is 12.2 Å². The number of anilines is 3. The molecule has 2 aromatic carbocycles. The SMILES string of the molecule is CC(C)(CO)CN=C1Nc2cc(Oc3ccccc3)ccc2Nc2s[nH]c(=O)c21. The van der Waals surface area contributed by atoms with Gasteiger partial charge in [-0.2, -0.15) is 0 Å². The lowest BCUT2D eigenvalue weighted by Crippen LogP contribution is -2.25. The Hall–Kier alpha value is -3.10. The van der Waals surface area contributed by atoms with Crippen LogP contribution in [0.2, 0.25) is 0 Å². The lowest BCUT2D eigenvalue weighted by Gasteiger charge is -2.19. The van der Waals surface area contributed by atoms with Crippen molar-refractivity contribution >= 4 is 33.7 Å². The largest absolute Gasteiger partial charge is 0.457 e. The van der Waals surface area contributed by atoms with Gasteiger partial charge in [-0.25, -0.2) is 0 Å². The van der Waals surface area contributed by atoms with E-state index in [1.807, 2.05) is 62.4 Å². The number of aliphatic hydroxyl groups excluding tert-OH is 1. The topological polar surface area (TPSA) is 98.7 Å². The van der Waals surface area contributed by atoms with Gasteiger partial charge in [-0.3, -0.25) is 14.2 Å². The molecule has 0 aliphatic carbocycles. The summed E-state index contributed by atoms with van der Waals surface area (Å²) >= 11 is 1.23. The molecule has 7 nitrogen and oxygen atoms in total. The average Bonchev–Trinajstić information content (AvgIpc) is 2.99. The molecule has 4 rings (SSSR count). The molecule has 1 aromatic heterocycles. The van der Waals surface area contributed by atoms with Crippen molar-refractivity contribution in [2.75, 3.05) is 23.8 Å². The first-order valence-electron chi connectivity index (χ1n) is 9.23. The van der Waals surface area contributed by atoms with Crippen LogP contribution in [0.15, 0.2) is 58.3 Å². The predicted octanol–water partition coefficient (Wildman–Crippen LogP) is 4.16. The fourth-order valence-electron chi connectivity index (χ4n) is 2.80. The number of hydrogen-bond acceptors (Lipinski definition) is 6. The zero-order chi connectivity index (χ0) is 20.4. The van der Waals surface area contributed by atoms with Gasteiger partial charge in [0.15, 0.2) is 0 Å². The summed E-state index contributed by atoms with van der Waals surface area (Å²) < 4.78 is 8.68. The van der Waals surface area contributed by atoms with Crippen LogP contribution in [-0.4, -0.2) is 28.5 Å². The minimum atomic E-state index is -0.390. The Labute approximate surface area is 172 Å². The number of aromatic nitrogens is 1. The molecule has 0 spiro atoms. The van der Waals surface area contributed by atoms with E-state index in [0.717, 1.165) is 17.1 Å². The number of hydrogen-bond donors (Lipinski definition) is 4. The van der Waals surface area contributed by atoms with Crippen LogP contribution < -0.4 is 20.9 Å². The van der Waals surface area contributed by atoms with Gasteiger partial charge in [0.25, 0.3) is 5.56 Å². The molecule has 150 valence electrons. The van der Waals surface area contributed by atoms with Gasteiger partial charge >= 0.3 is 0 Å². The molecule has 0 unspecified atom stereocenters. The van der Waals surface area contributed by atoms with Crippen LogP contribution >= 0.6 is 11.5 Å². The summed E-state index contributed by atoms with van der Waals surface area (Å²) in [6, 6.07) is 15.2. The fraction of sp³-hybridized carbons (Fsp3) is 0.238. The summed E-state index contributed by atoms with van der Waals surface area (Å²) in [5.74, 6) is 1.87. The number of H-pyrrole nitrogens is 1. The van der Waals surface area contributed by atoms with Gasteiger partial charge in [0, 0.05) is 24.6 Å². The highest BCUT2D eigenvalue weighted by molar-refractivity contribution is 7.10. The van der Waals surface area contributed by atoms with Crippen LogP contribution in [0.25, 0.3) is 0 Å². The second-order valence-electron chi connectivity index (χ2n) is 7.60. The third-order valence-electron chi connectivity index (χ3n) is 4.50. The fourth-order valence-corrected chi connectivity index (χ4v) is 3.55. The Kier molecular flexibility index (Phi) is 5.12. The number of fused-ring (bicyclic) bond motifs is 2. The molecular weight excluding hydrogens is 388 g/mol. The molecule has 0 fully saturated rings. The monoisotopic (exact) mass is 410 g/mol. The maximum Gasteiger partial charge on any atom is 0.271 e. The zero-order valence-corrected chi connectivity index (χ0v) is 17.0. The smallest absolute Gasteiger partial charge is 0.271 e. The molecule has 3 aromatic rings. The summed E-state index contributed by atoms with van der Waals surface area (Å²) in [5, 5.41) is 16.8. The van der Waals surface area contributed by atoms with E-state index in [2.05, 4.69) is 20.0 Å². The van der Waals surface area contributed by atoms with E-state index in [0.29, 0.717) is 28.7 Å². The molecule has 0 saturated heterocycles. The normalized spacial score (nSPS) is 14.4. The molecule has 0 atom stereocenters. The number of ether oxygens (including phenoxy) is 1. The third kappa shape index (κ3) is 4.18. The maximum atomic E-state index is 12.4. The number of nitrogens with zero attached hydrogens (tertiary/aromatic N) is 1. The standard InChI is InChI=1S/C21H22N4O3S/c1-21(2,12-26)11-22-18-17-19(27)25-29-20(17)24-15-9-8-14(10-16(15)23-18)28-13-6-4-3-5-7-13/h3-10,24,26H,11-12H2,1-2H3,(H,22,23)(H,25,27). The Morgan fingerprint density at radius 2 is 1.86 bits per heavy atom. The number of aliphatic imine (C=N–C) groups is 1. The van der Waals surface area contributed by atoms with Crippen molar-refractivity contribution < 1.29 is 9.84 Å². The minimum Gasteiger partial charge on any atom is -0.457 e. The molecule has 0 bridgehead atoms. The van der Waals surface area contributed by atoms with Crippen LogP contribution in [-0.2, 0) is 0 Å². The van der Waals surface area contributed by atoms with Crippen molar-refractivity contribution in [3.8, 4) is 11.5 Å². The Balaban J connectivity index is 1.70. The quantitative estimate of drug-likeness (QED) is 0.506. The molecular formula is C21H22N4O3S. The van der Waals surface area contributed by atoms with E-state index in [1.54, 1.807) is 0 Å². The number of benzene rings is 2. The number of aromatic amines is 1. The molecule has 29 heavy (non-hydrogen) atoms. The van der Waals surface area contributed by atoms with Crippen molar-refractivity contribution in [3.05, 3.63) is 64.4 Å². The van der Waals surface area contributed by atoms with Gasteiger partial charge in [0.1, 0.15) is 27.9 Å². The summed E-state index contributed by atoms with van der Waals surface area (Å²) in [7, 11) is 0. The van der Waals surface area contributed by atoms with E-state index in [1.165, 1.54) is 11.5 Å². The van der Waals surface area contributed by atoms with Gasteiger partial charge in [-0.1, -0.05) is 32.0 Å². The average molecular weight is 410 g/mol. The van der Waals surface area contributed by atoms with E-state index in [4.69, 9.17) is 4.74 Å². The van der Waals surface area contributed by atoms with Crippen molar-refractivity contribution in [1.82, 2.24) is 4.37 Å². The minimum absolute atomic E-state index is 0.000528. The lowest BCUT2D eigenvalue weighted by atomic mass is 9.95. The second-order valence-corrected chi connectivity index (χ2v) is 8.41. The third-order valence-corrected chi connectivity index (χ3v) is 5.30. The van der Waals surface area contributed by atoms with Crippen LogP contribution in [0, 0.1) is 5.41 Å². The Bertz CT molecular complexity index is 1100. The number of nitrogens with one attached hydrogen (secondary N) is 3. The number of aliphatic hydroxyl groups is 1. The van der Waals surface area contributed by atoms with Gasteiger partial charge in [0.2, 0.25) is 0 Å². The predicted molar refractivity (Wildman–Crippen MR) is 117 cm³/mol. The summed E-state index contributed by atoms with van der Waals surface area (Å²) in [4.78, 5) is 17.0. The van der Waals surface area contributed by atoms with Gasteiger partial charge in [0.05, 0.1) is 11.4 Å². The van der Waals surface area contributed by atoms with E-state index >= 15 is 0 Å². The zero-order valence-electron chi connectivity index (χ0n) is 16.2. The molecule has 0 saturated carbocycles. The Morgan fingerprint density at radius 3 is 2.62 bits per heavy atom. The summed E-state index contributed by atoms with van der Waals surface area (Å²) in [6.07, 6.45) is 0. The van der Waals surface area contributed by atoms with Gasteiger partial charge < -0.3 is 20.5 Å². The van der Waals surface area contributed by atoms with Crippen LogP contribution in [0.1, 0.15) is 19.4 Å². The number of rotatable bonds is 5. The van der Waals surface area contributed by atoms with Crippen molar-refractivity contribution in [2.45, 2.75) is 13.8 Å². The Morgan fingerprint density at radius 1 is 1.07 bits per heavy atom. The highest BCUT2D eigenvalue weighted by atomic mass is 32.1. The first-order valence-corrected chi connectivity index (χ1v) is 10.0. The molecule has 0 amide bonds. The summed E-state index contributed by atoms with van der Waals surface area (Å²) in [5.41, 5.74) is 1.43. The van der Waals surface area contributed by atoms with E-state index < -0.39 is 5.41 Å². The van der Waals surface area contributed by atoms with Crippen LogP contribution in [0.5, 0.6) is 11.5 Å².